The number of benzene rings is 2. The highest BCUT2D eigenvalue weighted by molar-refractivity contribution is 7.90. The van der Waals surface area contributed by atoms with Crippen LogP contribution in [0.3, 0.4) is 0 Å². The molecule has 0 unspecified atom stereocenters. The quantitative estimate of drug-likeness (QED) is 0.726. The lowest BCUT2D eigenvalue weighted by Crippen LogP contribution is -2.13. The van der Waals surface area contributed by atoms with Gasteiger partial charge in [0.15, 0.2) is 9.84 Å². The molecule has 1 aromatic heterocycles. The summed E-state index contributed by atoms with van der Waals surface area (Å²) in [6.45, 7) is 0. The molecule has 5 nitrogen and oxygen atoms in total. The van der Waals surface area contributed by atoms with Gasteiger partial charge < -0.3 is 4.90 Å². The number of hydrogen-bond acceptors (Lipinski definition) is 5. The second-order valence-corrected chi connectivity index (χ2v) is 7.54. The lowest BCUT2D eigenvalue weighted by atomic mass is 10.2. The zero-order valence-corrected chi connectivity index (χ0v) is 14.1. The van der Waals surface area contributed by atoms with Crippen LogP contribution in [0.15, 0.2) is 53.7 Å². The first-order chi connectivity index (χ1) is 10.9. The maximum atomic E-state index is 12.0. The molecule has 118 valence electrons. The van der Waals surface area contributed by atoms with Crippen molar-refractivity contribution in [2.45, 2.75) is 4.90 Å². The van der Waals surface area contributed by atoms with E-state index < -0.39 is 9.84 Å². The van der Waals surface area contributed by atoms with Crippen molar-refractivity contribution in [1.82, 2.24) is 9.97 Å². The van der Waals surface area contributed by atoms with E-state index in [2.05, 4.69) is 9.97 Å². The summed E-state index contributed by atoms with van der Waals surface area (Å²) in [5.41, 5.74) is 2.58. The number of fused-ring (bicyclic) bond motifs is 1. The van der Waals surface area contributed by atoms with Gasteiger partial charge in [0.1, 0.15) is 5.52 Å². The normalized spacial score (nSPS) is 11.6. The van der Waals surface area contributed by atoms with Gasteiger partial charge >= 0.3 is 0 Å². The van der Waals surface area contributed by atoms with E-state index in [0.717, 1.165) is 5.69 Å². The highest BCUT2D eigenvalue weighted by Crippen LogP contribution is 2.33. The van der Waals surface area contributed by atoms with Crippen LogP contribution in [-0.4, -0.2) is 31.7 Å². The third-order valence-corrected chi connectivity index (χ3v) is 4.96. The standard InChI is InChI=1S/C16H14ClN3O2S/c1-20(14-5-3-4-6-15(14)23(2,21)22)11-9-12(17)16-13(10-11)18-7-8-19-16/h3-10H,1-2H3. The van der Waals surface area contributed by atoms with Crippen LogP contribution < -0.4 is 4.90 Å². The van der Waals surface area contributed by atoms with E-state index in [9.17, 15) is 8.42 Å². The zero-order valence-electron chi connectivity index (χ0n) is 12.6. The van der Waals surface area contributed by atoms with Crippen LogP contribution in [0.2, 0.25) is 5.02 Å². The summed E-state index contributed by atoms with van der Waals surface area (Å²) >= 11 is 6.28. The van der Waals surface area contributed by atoms with Crippen LogP contribution in [0.5, 0.6) is 0 Å². The van der Waals surface area contributed by atoms with Crippen molar-refractivity contribution < 1.29 is 8.42 Å². The van der Waals surface area contributed by atoms with Crippen LogP contribution in [0.4, 0.5) is 11.4 Å². The van der Waals surface area contributed by atoms with Gasteiger partial charge in [0, 0.05) is 31.4 Å². The molecule has 0 aliphatic heterocycles. The molecule has 0 N–H and O–H groups in total. The number of sulfone groups is 1. The Hall–Kier alpha value is -2.18. The van der Waals surface area contributed by atoms with Gasteiger partial charge in [-0.1, -0.05) is 23.7 Å². The Morgan fingerprint density at radius 3 is 2.52 bits per heavy atom. The molecule has 3 aromatic rings. The minimum Gasteiger partial charge on any atom is -0.343 e. The predicted octanol–water partition coefficient (Wildman–Crippen LogP) is 3.45. The molecule has 0 fully saturated rings. The largest absolute Gasteiger partial charge is 0.343 e. The zero-order chi connectivity index (χ0) is 16.6. The maximum absolute atomic E-state index is 12.0. The Bertz CT molecular complexity index is 990. The Morgan fingerprint density at radius 1 is 1.09 bits per heavy atom. The van der Waals surface area contributed by atoms with Crippen molar-refractivity contribution in [2.24, 2.45) is 0 Å². The number of halogens is 1. The molecule has 23 heavy (non-hydrogen) atoms. The number of rotatable bonds is 3. The van der Waals surface area contributed by atoms with E-state index in [1.807, 2.05) is 6.07 Å². The summed E-state index contributed by atoms with van der Waals surface area (Å²) in [7, 11) is -1.55. The van der Waals surface area contributed by atoms with E-state index in [1.165, 1.54) is 6.26 Å². The molecule has 0 bridgehead atoms. The second kappa shape index (κ2) is 5.79. The minimum atomic E-state index is -3.34. The molecule has 0 amide bonds. The Labute approximate surface area is 139 Å². The van der Waals surface area contributed by atoms with Crippen LogP contribution in [0.1, 0.15) is 0 Å². The smallest absolute Gasteiger partial charge is 0.177 e. The molecule has 0 spiro atoms. The lowest BCUT2D eigenvalue weighted by molar-refractivity contribution is 0.602. The minimum absolute atomic E-state index is 0.262. The highest BCUT2D eigenvalue weighted by Gasteiger charge is 2.17. The molecule has 0 atom stereocenters. The average molecular weight is 348 g/mol. The van der Waals surface area contributed by atoms with Crippen LogP contribution in [0, 0.1) is 0 Å². The van der Waals surface area contributed by atoms with Gasteiger partial charge in [-0.2, -0.15) is 0 Å². The molecule has 7 heteroatoms. The van der Waals surface area contributed by atoms with Gasteiger partial charge in [-0.3, -0.25) is 9.97 Å². The molecule has 1 heterocycles. The van der Waals surface area contributed by atoms with Gasteiger partial charge in [-0.15, -0.1) is 0 Å². The fourth-order valence-corrected chi connectivity index (χ4v) is 3.57. The first kappa shape index (κ1) is 15.7. The fraction of sp³-hybridized carbons (Fsp3) is 0.125. The third-order valence-electron chi connectivity index (χ3n) is 3.53. The van der Waals surface area contributed by atoms with Crippen molar-refractivity contribution in [2.75, 3.05) is 18.2 Å². The van der Waals surface area contributed by atoms with Crippen molar-refractivity contribution >= 4 is 43.8 Å². The van der Waals surface area contributed by atoms with Crippen molar-refractivity contribution in [1.29, 1.82) is 0 Å². The fourth-order valence-electron chi connectivity index (χ4n) is 2.40. The Kier molecular flexibility index (Phi) is 3.95. The SMILES string of the molecule is CN(c1cc(Cl)c2nccnc2c1)c1ccccc1S(C)(=O)=O. The van der Waals surface area contributed by atoms with Gasteiger partial charge in [0.2, 0.25) is 0 Å². The maximum Gasteiger partial charge on any atom is 0.177 e. The van der Waals surface area contributed by atoms with E-state index in [1.54, 1.807) is 54.7 Å². The van der Waals surface area contributed by atoms with E-state index >= 15 is 0 Å². The number of aromatic nitrogens is 2. The molecular weight excluding hydrogens is 334 g/mol. The second-order valence-electron chi connectivity index (χ2n) is 5.15. The summed E-state index contributed by atoms with van der Waals surface area (Å²) in [5.74, 6) is 0. The van der Waals surface area contributed by atoms with E-state index in [4.69, 9.17) is 11.6 Å². The highest BCUT2D eigenvalue weighted by atomic mass is 35.5. The van der Waals surface area contributed by atoms with Crippen LogP contribution in [0.25, 0.3) is 11.0 Å². The number of nitrogens with zero attached hydrogens (tertiary/aromatic N) is 3. The molecule has 3 rings (SSSR count). The molecule has 0 radical (unpaired) electrons. The molecule has 0 saturated heterocycles. The summed E-state index contributed by atoms with van der Waals surface area (Å²) in [6.07, 6.45) is 4.36. The average Bonchev–Trinajstić information content (AvgIpc) is 2.53. The molecule has 0 aliphatic carbocycles. The van der Waals surface area contributed by atoms with Crippen molar-refractivity contribution in [3.8, 4) is 0 Å². The van der Waals surface area contributed by atoms with E-state index in [0.29, 0.717) is 21.7 Å². The summed E-state index contributed by atoms with van der Waals surface area (Å²) in [6, 6.07) is 10.4. The van der Waals surface area contributed by atoms with Crippen LogP contribution >= 0.6 is 11.6 Å². The number of anilines is 2. The van der Waals surface area contributed by atoms with Crippen molar-refractivity contribution in [3.05, 3.63) is 53.8 Å². The Morgan fingerprint density at radius 2 is 1.78 bits per heavy atom. The van der Waals surface area contributed by atoms with Gasteiger partial charge in [-0.05, 0) is 24.3 Å². The summed E-state index contributed by atoms with van der Waals surface area (Å²) in [5, 5.41) is 0.467. The topological polar surface area (TPSA) is 63.2 Å². The monoisotopic (exact) mass is 347 g/mol. The van der Waals surface area contributed by atoms with Gasteiger partial charge in [-0.25, -0.2) is 8.42 Å². The first-order valence-electron chi connectivity index (χ1n) is 6.81. The van der Waals surface area contributed by atoms with E-state index in [-0.39, 0.29) is 4.90 Å². The first-order valence-corrected chi connectivity index (χ1v) is 9.08. The van der Waals surface area contributed by atoms with Crippen molar-refractivity contribution in [3.63, 3.8) is 0 Å². The third kappa shape index (κ3) is 3.00. The molecule has 0 saturated carbocycles. The van der Waals surface area contributed by atoms with Gasteiger partial charge in [0.25, 0.3) is 0 Å². The summed E-state index contributed by atoms with van der Waals surface area (Å²) < 4.78 is 24.0. The van der Waals surface area contributed by atoms with Crippen LogP contribution in [-0.2, 0) is 9.84 Å². The molecular formula is C16H14ClN3O2S. The summed E-state index contributed by atoms with van der Waals surface area (Å²) in [4.78, 5) is 10.5. The van der Waals surface area contributed by atoms with Gasteiger partial charge in [0.05, 0.1) is 21.1 Å². The predicted molar refractivity (Wildman–Crippen MR) is 92.2 cm³/mol. The molecule has 2 aromatic carbocycles. The Balaban J connectivity index is 2.17. The lowest BCUT2D eigenvalue weighted by Gasteiger charge is -2.22. The molecule has 0 aliphatic rings. The number of hydrogen-bond donors (Lipinski definition) is 0. The number of para-hydroxylation sites is 1.